The fourth-order valence-corrected chi connectivity index (χ4v) is 2.25. The lowest BCUT2D eigenvalue weighted by Gasteiger charge is -1.95. The van der Waals surface area contributed by atoms with Crippen molar-refractivity contribution in [3.05, 3.63) is 34.4 Å². The number of nitrogens with one attached hydrogen (secondary N) is 1. The summed E-state index contributed by atoms with van der Waals surface area (Å²) >= 11 is 7.23. The largest absolute Gasteiger partial charge is 0.345 e. The fourth-order valence-electron chi connectivity index (χ4n) is 1.48. The molecule has 0 radical (unpaired) electrons. The highest BCUT2D eigenvalue weighted by Crippen LogP contribution is 2.26. The highest BCUT2D eigenvalue weighted by atomic mass is 35.5. The average molecular weight is 236 g/mol. The number of imidazole rings is 1. The first-order valence-corrected chi connectivity index (χ1v) is 5.63. The minimum absolute atomic E-state index is 0.565. The van der Waals surface area contributed by atoms with Gasteiger partial charge < -0.3 is 4.98 Å². The molecule has 0 atom stereocenters. The standard InChI is InChI=1S/C10H6ClN3S/c11-10-14-9(4-15-10)6-1-2-7-8(3-6)13-5-12-7/h1-5H,(H,12,13). The number of H-pyrrole nitrogens is 1. The van der Waals surface area contributed by atoms with Crippen molar-refractivity contribution in [2.75, 3.05) is 0 Å². The predicted octanol–water partition coefficient (Wildman–Crippen LogP) is 3.34. The number of fused-ring (bicyclic) bond motifs is 1. The Morgan fingerprint density at radius 3 is 3.07 bits per heavy atom. The molecule has 1 aromatic carbocycles. The van der Waals surface area contributed by atoms with E-state index in [0.717, 1.165) is 22.3 Å². The summed E-state index contributed by atoms with van der Waals surface area (Å²) in [6.45, 7) is 0. The molecule has 0 fully saturated rings. The van der Waals surface area contributed by atoms with Crippen molar-refractivity contribution >= 4 is 34.0 Å². The van der Waals surface area contributed by atoms with E-state index in [1.165, 1.54) is 11.3 Å². The summed E-state index contributed by atoms with van der Waals surface area (Å²) in [5.41, 5.74) is 3.92. The quantitative estimate of drug-likeness (QED) is 0.703. The number of hydrogen-bond acceptors (Lipinski definition) is 3. The highest BCUT2D eigenvalue weighted by molar-refractivity contribution is 7.14. The van der Waals surface area contributed by atoms with Gasteiger partial charge in [0.25, 0.3) is 0 Å². The van der Waals surface area contributed by atoms with Crippen LogP contribution in [0.15, 0.2) is 29.9 Å². The molecule has 2 heterocycles. The maximum atomic E-state index is 5.79. The Labute approximate surface area is 94.8 Å². The summed E-state index contributed by atoms with van der Waals surface area (Å²) in [6.07, 6.45) is 1.68. The van der Waals surface area contributed by atoms with Gasteiger partial charge in [0.05, 0.1) is 23.1 Å². The van der Waals surface area contributed by atoms with Crippen LogP contribution in [0.5, 0.6) is 0 Å². The van der Waals surface area contributed by atoms with Gasteiger partial charge in [0, 0.05) is 10.9 Å². The normalized spacial score (nSPS) is 11.0. The summed E-state index contributed by atoms with van der Waals surface area (Å²) in [5.74, 6) is 0. The second kappa shape index (κ2) is 3.32. The number of benzene rings is 1. The molecule has 0 bridgehead atoms. The Hall–Kier alpha value is -1.39. The lowest BCUT2D eigenvalue weighted by Crippen LogP contribution is -1.77. The molecule has 0 unspecified atom stereocenters. The summed E-state index contributed by atoms with van der Waals surface area (Å²) < 4.78 is 0.565. The third kappa shape index (κ3) is 1.52. The third-order valence-corrected chi connectivity index (χ3v) is 3.17. The minimum atomic E-state index is 0.565. The molecule has 0 aliphatic heterocycles. The molecular weight excluding hydrogens is 230 g/mol. The number of aromatic nitrogens is 3. The number of rotatable bonds is 1. The zero-order chi connectivity index (χ0) is 10.3. The summed E-state index contributed by atoms with van der Waals surface area (Å²) in [4.78, 5) is 11.4. The van der Waals surface area contributed by atoms with Crippen molar-refractivity contribution in [1.82, 2.24) is 15.0 Å². The van der Waals surface area contributed by atoms with Gasteiger partial charge in [-0.15, -0.1) is 11.3 Å². The number of halogens is 1. The monoisotopic (exact) mass is 235 g/mol. The van der Waals surface area contributed by atoms with Crippen molar-refractivity contribution in [2.24, 2.45) is 0 Å². The SMILES string of the molecule is Clc1nc(-c2ccc3nc[nH]c3c2)cs1. The molecule has 0 aliphatic rings. The second-order valence-corrected chi connectivity index (χ2v) is 4.56. The van der Waals surface area contributed by atoms with Gasteiger partial charge in [-0.05, 0) is 12.1 Å². The first-order chi connectivity index (χ1) is 7.33. The van der Waals surface area contributed by atoms with Crippen LogP contribution >= 0.6 is 22.9 Å². The van der Waals surface area contributed by atoms with Crippen LogP contribution in [-0.2, 0) is 0 Å². The molecule has 0 amide bonds. The first kappa shape index (κ1) is 8.88. The second-order valence-electron chi connectivity index (χ2n) is 3.12. The maximum Gasteiger partial charge on any atom is 0.184 e. The molecule has 15 heavy (non-hydrogen) atoms. The zero-order valence-corrected chi connectivity index (χ0v) is 9.14. The molecule has 3 aromatic rings. The van der Waals surface area contributed by atoms with Gasteiger partial charge in [0.15, 0.2) is 4.47 Å². The topological polar surface area (TPSA) is 41.6 Å². The van der Waals surface area contributed by atoms with Gasteiger partial charge in [0.2, 0.25) is 0 Å². The maximum absolute atomic E-state index is 5.79. The number of thiazole rings is 1. The molecule has 3 rings (SSSR count). The average Bonchev–Trinajstić information content (AvgIpc) is 2.84. The molecule has 74 valence electrons. The van der Waals surface area contributed by atoms with Crippen LogP contribution in [-0.4, -0.2) is 15.0 Å². The molecule has 2 aromatic heterocycles. The van der Waals surface area contributed by atoms with Gasteiger partial charge in [-0.2, -0.15) is 0 Å². The minimum Gasteiger partial charge on any atom is -0.345 e. The van der Waals surface area contributed by atoms with Gasteiger partial charge in [-0.1, -0.05) is 17.7 Å². The Morgan fingerprint density at radius 2 is 2.27 bits per heavy atom. The Balaban J connectivity index is 2.18. The van der Waals surface area contributed by atoms with Crippen LogP contribution in [0.4, 0.5) is 0 Å². The van der Waals surface area contributed by atoms with E-state index >= 15 is 0 Å². The Kier molecular flexibility index (Phi) is 1.97. The number of aromatic amines is 1. The van der Waals surface area contributed by atoms with E-state index in [-0.39, 0.29) is 0 Å². The Morgan fingerprint density at radius 1 is 1.33 bits per heavy atom. The van der Waals surface area contributed by atoms with Crippen molar-refractivity contribution in [1.29, 1.82) is 0 Å². The first-order valence-electron chi connectivity index (χ1n) is 4.37. The fraction of sp³-hybridized carbons (Fsp3) is 0. The van der Waals surface area contributed by atoms with Crippen LogP contribution in [0.1, 0.15) is 0 Å². The van der Waals surface area contributed by atoms with E-state index in [2.05, 4.69) is 15.0 Å². The Bertz CT molecular complexity index is 614. The molecule has 0 aliphatic carbocycles. The van der Waals surface area contributed by atoms with E-state index in [1.54, 1.807) is 6.33 Å². The van der Waals surface area contributed by atoms with E-state index in [0.29, 0.717) is 4.47 Å². The van der Waals surface area contributed by atoms with Crippen molar-refractivity contribution in [3.8, 4) is 11.3 Å². The summed E-state index contributed by atoms with van der Waals surface area (Å²) in [5, 5.41) is 1.94. The van der Waals surface area contributed by atoms with Gasteiger partial charge >= 0.3 is 0 Å². The lowest BCUT2D eigenvalue weighted by molar-refractivity contribution is 1.34. The predicted molar refractivity (Wildman–Crippen MR) is 62.2 cm³/mol. The van der Waals surface area contributed by atoms with E-state index in [1.807, 2.05) is 23.6 Å². The zero-order valence-electron chi connectivity index (χ0n) is 7.57. The van der Waals surface area contributed by atoms with Crippen molar-refractivity contribution in [2.45, 2.75) is 0 Å². The molecule has 0 spiro atoms. The smallest absolute Gasteiger partial charge is 0.184 e. The number of nitrogens with zero attached hydrogens (tertiary/aromatic N) is 2. The molecular formula is C10H6ClN3S. The van der Waals surface area contributed by atoms with E-state index < -0.39 is 0 Å². The van der Waals surface area contributed by atoms with E-state index in [9.17, 15) is 0 Å². The summed E-state index contributed by atoms with van der Waals surface area (Å²) in [6, 6.07) is 5.98. The van der Waals surface area contributed by atoms with Crippen LogP contribution in [0.3, 0.4) is 0 Å². The summed E-state index contributed by atoms with van der Waals surface area (Å²) in [7, 11) is 0. The molecule has 3 nitrogen and oxygen atoms in total. The van der Waals surface area contributed by atoms with Gasteiger partial charge in [0.1, 0.15) is 0 Å². The van der Waals surface area contributed by atoms with Crippen LogP contribution in [0.25, 0.3) is 22.3 Å². The van der Waals surface area contributed by atoms with Gasteiger partial charge in [-0.3, -0.25) is 0 Å². The number of hydrogen-bond donors (Lipinski definition) is 1. The molecule has 0 saturated carbocycles. The molecule has 0 saturated heterocycles. The van der Waals surface area contributed by atoms with Gasteiger partial charge in [-0.25, -0.2) is 9.97 Å². The highest BCUT2D eigenvalue weighted by Gasteiger charge is 2.04. The van der Waals surface area contributed by atoms with Crippen molar-refractivity contribution < 1.29 is 0 Å². The molecule has 5 heteroatoms. The van der Waals surface area contributed by atoms with Crippen molar-refractivity contribution in [3.63, 3.8) is 0 Å². The van der Waals surface area contributed by atoms with E-state index in [4.69, 9.17) is 11.6 Å². The van der Waals surface area contributed by atoms with Crippen LogP contribution in [0, 0.1) is 0 Å². The third-order valence-electron chi connectivity index (χ3n) is 2.19. The molecule has 1 N–H and O–H groups in total. The van der Waals surface area contributed by atoms with Crippen LogP contribution < -0.4 is 0 Å². The lowest BCUT2D eigenvalue weighted by atomic mass is 10.1. The van der Waals surface area contributed by atoms with Crippen LogP contribution in [0.2, 0.25) is 4.47 Å².